The molecule has 0 radical (unpaired) electrons. The van der Waals surface area contributed by atoms with Gasteiger partial charge in [0.25, 0.3) is 5.91 Å². The fourth-order valence-electron chi connectivity index (χ4n) is 4.14. The van der Waals surface area contributed by atoms with Gasteiger partial charge in [0.2, 0.25) is 0 Å². The molecule has 1 amide bonds. The monoisotopic (exact) mass is 421 g/mol. The lowest BCUT2D eigenvalue weighted by Crippen LogP contribution is -2.21. The Morgan fingerprint density at radius 3 is 2.22 bits per heavy atom. The van der Waals surface area contributed by atoms with Gasteiger partial charge in [-0.1, -0.05) is 35.9 Å². The zero-order valence-corrected chi connectivity index (χ0v) is 17.8. The number of carbonyl (C=O) groups excluding carboxylic acids is 2. The third kappa shape index (κ3) is 3.62. The van der Waals surface area contributed by atoms with Crippen molar-refractivity contribution in [3.63, 3.8) is 0 Å². The minimum Gasteiger partial charge on any atom is -0.355 e. The Kier molecular flexibility index (Phi) is 5.15. The number of Topliss-reactive ketones (excluding diaryl/α,β-unsaturated/α-hetero) is 1. The molecule has 1 heterocycles. The predicted octanol–water partition coefficient (Wildman–Crippen LogP) is 5.85. The normalized spacial score (nSPS) is 15.2. The summed E-state index contributed by atoms with van der Waals surface area (Å²) in [4.78, 5) is 29.4. The van der Waals surface area contributed by atoms with Crippen LogP contribution in [-0.4, -0.2) is 16.7 Å². The van der Waals surface area contributed by atoms with Crippen molar-refractivity contribution in [3.05, 3.63) is 107 Å². The molecule has 5 heteroatoms. The third-order valence-electron chi connectivity index (χ3n) is 6.03. The van der Waals surface area contributed by atoms with Crippen LogP contribution in [0.15, 0.2) is 89.8 Å². The average molecular weight is 422 g/mol. The Balaban J connectivity index is 1.41. The summed E-state index contributed by atoms with van der Waals surface area (Å²) >= 11 is 0. The zero-order valence-electron chi connectivity index (χ0n) is 17.8. The van der Waals surface area contributed by atoms with Crippen LogP contribution < -0.4 is 10.6 Å². The highest BCUT2D eigenvalue weighted by atomic mass is 16.2. The Hall–Kier alpha value is -3.99. The van der Waals surface area contributed by atoms with Crippen molar-refractivity contribution in [3.8, 4) is 0 Å². The van der Waals surface area contributed by atoms with Crippen LogP contribution in [0.2, 0.25) is 0 Å². The van der Waals surface area contributed by atoms with Gasteiger partial charge in [0.15, 0.2) is 5.78 Å². The summed E-state index contributed by atoms with van der Waals surface area (Å²) in [6.45, 7) is 1.89. The number of rotatable bonds is 4. The second-order valence-electron chi connectivity index (χ2n) is 8.08. The molecule has 0 atom stereocenters. The summed E-state index contributed by atoms with van der Waals surface area (Å²) in [6.07, 6.45) is 4.91. The van der Waals surface area contributed by atoms with Crippen molar-refractivity contribution in [2.45, 2.75) is 26.2 Å². The highest BCUT2D eigenvalue weighted by Gasteiger charge is 2.30. The van der Waals surface area contributed by atoms with Crippen molar-refractivity contribution >= 4 is 28.6 Å². The van der Waals surface area contributed by atoms with Crippen LogP contribution >= 0.6 is 0 Å². The Bertz CT molecular complexity index is 1270. The first-order valence-electron chi connectivity index (χ1n) is 10.8. The standard InChI is InChI=1S/C27H23N3O2/c1-17-25(24(18-7-6-8-18)21-9-2-3-10-22(21)26(17)31)29-19-12-14-20(15-13-19)30-27(32)23-11-4-5-16-28-23/h2-5,9-16,29H,6-8H2,1H3,(H,30,32). The lowest BCUT2D eigenvalue weighted by atomic mass is 9.77. The molecule has 158 valence electrons. The smallest absolute Gasteiger partial charge is 0.274 e. The highest BCUT2D eigenvalue weighted by Crippen LogP contribution is 2.43. The molecule has 0 unspecified atom stereocenters. The fraction of sp³-hybridized carbons (Fsp3) is 0.148. The van der Waals surface area contributed by atoms with E-state index in [1.54, 1.807) is 24.4 Å². The molecule has 0 spiro atoms. The fourth-order valence-corrected chi connectivity index (χ4v) is 4.14. The summed E-state index contributed by atoms with van der Waals surface area (Å²) < 4.78 is 0. The van der Waals surface area contributed by atoms with Crippen molar-refractivity contribution in [2.75, 3.05) is 10.6 Å². The maximum absolute atomic E-state index is 13.0. The molecule has 0 aliphatic heterocycles. The molecule has 32 heavy (non-hydrogen) atoms. The molecule has 2 N–H and O–H groups in total. The first kappa shape index (κ1) is 19.9. The topological polar surface area (TPSA) is 71.1 Å². The SMILES string of the molecule is CC1=C(Nc2ccc(NC(=O)c3ccccn3)cc2)C(=C2CCC2)c2ccccc2C1=O. The first-order chi connectivity index (χ1) is 15.6. The molecule has 3 aromatic rings. The maximum atomic E-state index is 13.0. The molecule has 5 rings (SSSR count). The van der Waals surface area contributed by atoms with Gasteiger partial charge in [-0.25, -0.2) is 0 Å². The quantitative estimate of drug-likeness (QED) is 0.554. The van der Waals surface area contributed by atoms with Crippen LogP contribution in [0.1, 0.15) is 52.6 Å². The molecule has 0 bridgehead atoms. The molecule has 0 saturated heterocycles. The van der Waals surface area contributed by atoms with Gasteiger partial charge < -0.3 is 10.6 Å². The summed E-state index contributed by atoms with van der Waals surface area (Å²) in [5, 5.41) is 6.35. The number of ketones is 1. The molecule has 1 aromatic heterocycles. The van der Waals surface area contributed by atoms with Crippen LogP contribution in [0, 0.1) is 0 Å². The van der Waals surface area contributed by atoms with Gasteiger partial charge >= 0.3 is 0 Å². The maximum Gasteiger partial charge on any atom is 0.274 e. The molecular formula is C27H23N3O2. The van der Waals surface area contributed by atoms with Crippen LogP contribution in [0.4, 0.5) is 11.4 Å². The lowest BCUT2D eigenvalue weighted by molar-refractivity contribution is 0.101. The van der Waals surface area contributed by atoms with E-state index in [-0.39, 0.29) is 11.7 Å². The lowest BCUT2D eigenvalue weighted by Gasteiger charge is -2.30. The molecule has 2 aromatic carbocycles. The van der Waals surface area contributed by atoms with E-state index in [1.165, 1.54) is 12.0 Å². The number of anilines is 2. The number of amides is 1. The Morgan fingerprint density at radius 1 is 0.875 bits per heavy atom. The second kappa shape index (κ2) is 8.27. The number of nitrogens with zero attached hydrogens (tertiary/aromatic N) is 1. The number of hydrogen-bond donors (Lipinski definition) is 2. The van der Waals surface area contributed by atoms with Gasteiger partial charge in [-0.2, -0.15) is 0 Å². The van der Waals surface area contributed by atoms with Gasteiger partial charge in [0.1, 0.15) is 5.69 Å². The van der Waals surface area contributed by atoms with Gasteiger partial charge in [-0.3, -0.25) is 14.6 Å². The number of carbonyl (C=O) groups is 2. The molecule has 1 saturated carbocycles. The van der Waals surface area contributed by atoms with E-state index < -0.39 is 0 Å². The molecule has 5 nitrogen and oxygen atoms in total. The van der Waals surface area contributed by atoms with E-state index in [9.17, 15) is 9.59 Å². The molecule has 2 aliphatic rings. The minimum absolute atomic E-state index is 0.0611. The zero-order chi connectivity index (χ0) is 22.1. The number of nitrogens with one attached hydrogen (secondary N) is 2. The van der Waals surface area contributed by atoms with E-state index in [4.69, 9.17) is 0 Å². The van der Waals surface area contributed by atoms with Gasteiger partial charge in [-0.15, -0.1) is 0 Å². The van der Waals surface area contributed by atoms with Crippen LogP contribution in [0.3, 0.4) is 0 Å². The van der Waals surface area contributed by atoms with Crippen LogP contribution in [-0.2, 0) is 0 Å². The van der Waals surface area contributed by atoms with E-state index in [1.807, 2.05) is 55.5 Å². The Labute approximate surface area is 186 Å². The number of aromatic nitrogens is 1. The van der Waals surface area contributed by atoms with Crippen molar-refractivity contribution in [1.82, 2.24) is 4.98 Å². The number of fused-ring (bicyclic) bond motifs is 1. The molecular weight excluding hydrogens is 398 g/mol. The van der Waals surface area contributed by atoms with Crippen molar-refractivity contribution in [1.29, 1.82) is 0 Å². The van der Waals surface area contributed by atoms with E-state index in [2.05, 4.69) is 15.6 Å². The largest absolute Gasteiger partial charge is 0.355 e. The number of hydrogen-bond acceptors (Lipinski definition) is 4. The summed E-state index contributed by atoms with van der Waals surface area (Å²) in [5.41, 5.74) is 7.87. The van der Waals surface area contributed by atoms with Crippen LogP contribution in [0.25, 0.3) is 5.57 Å². The summed E-state index contributed by atoms with van der Waals surface area (Å²) in [5.74, 6) is -0.192. The van der Waals surface area contributed by atoms with Gasteiger partial charge in [0, 0.05) is 34.3 Å². The number of benzene rings is 2. The average Bonchev–Trinajstić information content (AvgIpc) is 2.80. The van der Waals surface area contributed by atoms with Crippen LogP contribution in [0.5, 0.6) is 0 Å². The Morgan fingerprint density at radius 2 is 1.56 bits per heavy atom. The van der Waals surface area contributed by atoms with E-state index in [0.717, 1.165) is 46.5 Å². The molecule has 1 fully saturated rings. The predicted molar refractivity (Wildman–Crippen MR) is 126 cm³/mol. The first-order valence-corrected chi connectivity index (χ1v) is 10.8. The third-order valence-corrected chi connectivity index (χ3v) is 6.03. The second-order valence-corrected chi connectivity index (χ2v) is 8.08. The van der Waals surface area contributed by atoms with Gasteiger partial charge in [-0.05, 0) is 68.1 Å². The number of allylic oxidation sites excluding steroid dienone is 3. The van der Waals surface area contributed by atoms with Gasteiger partial charge in [0.05, 0.1) is 5.70 Å². The molecule has 2 aliphatic carbocycles. The minimum atomic E-state index is -0.253. The van der Waals surface area contributed by atoms with E-state index >= 15 is 0 Å². The van der Waals surface area contributed by atoms with Crippen molar-refractivity contribution < 1.29 is 9.59 Å². The number of pyridine rings is 1. The van der Waals surface area contributed by atoms with Crippen molar-refractivity contribution in [2.24, 2.45) is 0 Å². The van der Waals surface area contributed by atoms with E-state index in [0.29, 0.717) is 11.4 Å². The highest BCUT2D eigenvalue weighted by molar-refractivity contribution is 6.18. The summed E-state index contributed by atoms with van der Waals surface area (Å²) in [6, 6.07) is 20.6. The summed E-state index contributed by atoms with van der Waals surface area (Å²) in [7, 11) is 0.